The molecule has 0 aromatic heterocycles. The highest BCUT2D eigenvalue weighted by Gasteiger charge is 2.38. The topological polar surface area (TPSA) is 54.0 Å². The number of hydrogen-bond donors (Lipinski definition) is 0. The number of ether oxygens (including phenoxy) is 4. The van der Waals surface area contributed by atoms with Crippen LogP contribution in [0.25, 0.3) is 11.1 Å². The molecule has 0 fully saturated rings. The Labute approximate surface area is 183 Å². The average molecular weight is 431 g/mol. The fraction of sp³-hybridized carbons (Fsp3) is 0.480. The van der Waals surface area contributed by atoms with E-state index in [1.54, 1.807) is 19.2 Å². The zero-order chi connectivity index (χ0) is 22.6. The SMILES string of the molecule is COCCOCCOc1c2c(c(C(C)C)c(C=O)c1-c1ccc(F)cc1)CC(C)(C)O2. The van der Waals surface area contributed by atoms with Gasteiger partial charge in [-0.25, -0.2) is 4.39 Å². The lowest BCUT2D eigenvalue weighted by atomic mass is 9.84. The summed E-state index contributed by atoms with van der Waals surface area (Å²) >= 11 is 0. The van der Waals surface area contributed by atoms with Crippen LogP contribution in [-0.2, 0) is 15.9 Å². The van der Waals surface area contributed by atoms with Crippen molar-refractivity contribution in [3.63, 3.8) is 0 Å². The summed E-state index contributed by atoms with van der Waals surface area (Å²) in [7, 11) is 1.62. The van der Waals surface area contributed by atoms with Crippen molar-refractivity contribution in [2.75, 3.05) is 33.5 Å². The Morgan fingerprint density at radius 3 is 2.42 bits per heavy atom. The number of fused-ring (bicyclic) bond motifs is 1. The van der Waals surface area contributed by atoms with E-state index in [2.05, 4.69) is 13.8 Å². The molecule has 0 spiro atoms. The van der Waals surface area contributed by atoms with E-state index in [-0.39, 0.29) is 18.3 Å². The molecular weight excluding hydrogens is 399 g/mol. The molecule has 2 aromatic rings. The summed E-state index contributed by atoms with van der Waals surface area (Å²) < 4.78 is 36.6. The molecule has 0 amide bonds. The Hall–Kier alpha value is -2.44. The lowest BCUT2D eigenvalue weighted by Gasteiger charge is -2.23. The van der Waals surface area contributed by atoms with Crippen LogP contribution in [0.15, 0.2) is 24.3 Å². The van der Waals surface area contributed by atoms with Gasteiger partial charge in [0.05, 0.1) is 19.8 Å². The molecule has 6 heteroatoms. The van der Waals surface area contributed by atoms with Crippen molar-refractivity contribution in [2.45, 2.75) is 45.6 Å². The van der Waals surface area contributed by atoms with Gasteiger partial charge in [-0.15, -0.1) is 0 Å². The van der Waals surface area contributed by atoms with Crippen LogP contribution in [0.3, 0.4) is 0 Å². The Morgan fingerprint density at radius 2 is 1.81 bits per heavy atom. The monoisotopic (exact) mass is 430 g/mol. The molecule has 168 valence electrons. The predicted octanol–water partition coefficient (Wildman–Crippen LogP) is 5.18. The van der Waals surface area contributed by atoms with Crippen LogP contribution in [0.4, 0.5) is 4.39 Å². The molecule has 0 bridgehead atoms. The van der Waals surface area contributed by atoms with Crippen LogP contribution in [0.5, 0.6) is 11.5 Å². The number of aldehydes is 1. The quantitative estimate of drug-likeness (QED) is 0.384. The predicted molar refractivity (Wildman–Crippen MR) is 118 cm³/mol. The van der Waals surface area contributed by atoms with E-state index in [0.29, 0.717) is 54.4 Å². The van der Waals surface area contributed by atoms with Crippen LogP contribution in [-0.4, -0.2) is 45.4 Å². The number of carbonyl (C=O) groups is 1. The molecule has 0 atom stereocenters. The number of carbonyl (C=O) groups excluding carboxylic acids is 1. The minimum atomic E-state index is -0.416. The maximum absolute atomic E-state index is 13.6. The van der Waals surface area contributed by atoms with Crippen LogP contribution in [0, 0.1) is 5.82 Å². The number of methoxy groups -OCH3 is 1. The highest BCUT2D eigenvalue weighted by Crippen LogP contribution is 2.52. The van der Waals surface area contributed by atoms with E-state index in [1.165, 1.54) is 12.1 Å². The summed E-state index contributed by atoms with van der Waals surface area (Å²) in [5.74, 6) is 0.939. The lowest BCUT2D eigenvalue weighted by Crippen LogP contribution is -2.25. The molecule has 0 N–H and O–H groups in total. The second-order valence-electron chi connectivity index (χ2n) is 8.61. The Morgan fingerprint density at radius 1 is 1.13 bits per heavy atom. The number of rotatable bonds is 10. The number of halogens is 1. The first-order valence-electron chi connectivity index (χ1n) is 10.6. The Kier molecular flexibility index (Phi) is 7.34. The van der Waals surface area contributed by atoms with E-state index >= 15 is 0 Å². The second kappa shape index (κ2) is 9.79. The van der Waals surface area contributed by atoms with Gasteiger partial charge < -0.3 is 18.9 Å². The first-order valence-corrected chi connectivity index (χ1v) is 10.6. The fourth-order valence-electron chi connectivity index (χ4n) is 4.08. The molecule has 2 aromatic carbocycles. The summed E-state index contributed by atoms with van der Waals surface area (Å²) in [5, 5.41) is 0. The average Bonchev–Trinajstić information content (AvgIpc) is 3.04. The van der Waals surface area contributed by atoms with Crippen molar-refractivity contribution in [1.82, 2.24) is 0 Å². The Balaban J connectivity index is 2.13. The molecular formula is C25H31FO5. The van der Waals surface area contributed by atoms with E-state index in [9.17, 15) is 9.18 Å². The molecule has 0 radical (unpaired) electrons. The van der Waals surface area contributed by atoms with E-state index < -0.39 is 5.60 Å². The van der Waals surface area contributed by atoms with Crippen molar-refractivity contribution in [2.24, 2.45) is 0 Å². The fourth-order valence-corrected chi connectivity index (χ4v) is 4.08. The van der Waals surface area contributed by atoms with Crippen molar-refractivity contribution in [3.05, 3.63) is 46.8 Å². The van der Waals surface area contributed by atoms with E-state index in [0.717, 1.165) is 17.4 Å². The molecule has 5 nitrogen and oxygen atoms in total. The zero-order valence-electron chi connectivity index (χ0n) is 18.9. The van der Waals surface area contributed by atoms with Gasteiger partial charge >= 0.3 is 0 Å². The van der Waals surface area contributed by atoms with Crippen LogP contribution in [0.2, 0.25) is 0 Å². The van der Waals surface area contributed by atoms with Gasteiger partial charge in [-0.2, -0.15) is 0 Å². The lowest BCUT2D eigenvalue weighted by molar-refractivity contribution is 0.0532. The summed E-state index contributed by atoms with van der Waals surface area (Å²) in [4.78, 5) is 12.3. The van der Waals surface area contributed by atoms with Gasteiger partial charge in [-0.05, 0) is 43.0 Å². The third kappa shape index (κ3) is 5.08. The van der Waals surface area contributed by atoms with Crippen LogP contribution < -0.4 is 9.47 Å². The first kappa shape index (κ1) is 23.2. The maximum atomic E-state index is 13.6. The zero-order valence-corrected chi connectivity index (χ0v) is 18.9. The maximum Gasteiger partial charge on any atom is 0.170 e. The largest absolute Gasteiger partial charge is 0.487 e. The van der Waals surface area contributed by atoms with Crippen LogP contribution in [0.1, 0.15) is 55.1 Å². The van der Waals surface area contributed by atoms with E-state index in [4.69, 9.17) is 18.9 Å². The highest BCUT2D eigenvalue weighted by molar-refractivity contribution is 5.95. The summed E-state index contributed by atoms with van der Waals surface area (Å²) in [6.45, 7) is 9.79. The molecule has 0 saturated carbocycles. The smallest absolute Gasteiger partial charge is 0.170 e. The van der Waals surface area contributed by atoms with Gasteiger partial charge in [0.1, 0.15) is 18.0 Å². The molecule has 0 aliphatic carbocycles. The number of benzene rings is 2. The van der Waals surface area contributed by atoms with Gasteiger partial charge in [-0.3, -0.25) is 4.79 Å². The van der Waals surface area contributed by atoms with Gasteiger partial charge in [-0.1, -0.05) is 26.0 Å². The summed E-state index contributed by atoms with van der Waals surface area (Å²) in [5.41, 5.74) is 3.45. The molecule has 1 aliphatic rings. The molecule has 0 saturated heterocycles. The minimum Gasteiger partial charge on any atom is -0.487 e. The van der Waals surface area contributed by atoms with Crippen molar-refractivity contribution in [1.29, 1.82) is 0 Å². The molecule has 1 aliphatic heterocycles. The second-order valence-corrected chi connectivity index (χ2v) is 8.61. The summed E-state index contributed by atoms with van der Waals surface area (Å²) in [6.07, 6.45) is 1.56. The van der Waals surface area contributed by atoms with Gasteiger partial charge in [0.15, 0.2) is 17.8 Å². The molecule has 1 heterocycles. The normalized spacial score (nSPS) is 14.4. The minimum absolute atomic E-state index is 0.108. The molecule has 0 unspecified atom stereocenters. The highest BCUT2D eigenvalue weighted by atomic mass is 19.1. The third-order valence-corrected chi connectivity index (χ3v) is 5.31. The molecule has 3 rings (SSSR count). The van der Waals surface area contributed by atoms with Crippen molar-refractivity contribution >= 4 is 6.29 Å². The molecule has 31 heavy (non-hydrogen) atoms. The Bertz CT molecular complexity index is 919. The van der Waals surface area contributed by atoms with Gasteiger partial charge in [0, 0.05) is 30.2 Å². The van der Waals surface area contributed by atoms with Crippen molar-refractivity contribution < 1.29 is 28.1 Å². The van der Waals surface area contributed by atoms with Gasteiger partial charge in [0.2, 0.25) is 0 Å². The van der Waals surface area contributed by atoms with Gasteiger partial charge in [0.25, 0.3) is 0 Å². The first-order chi connectivity index (χ1) is 14.8. The van der Waals surface area contributed by atoms with Crippen LogP contribution >= 0.6 is 0 Å². The summed E-state index contributed by atoms with van der Waals surface area (Å²) in [6, 6.07) is 6.09. The third-order valence-electron chi connectivity index (χ3n) is 5.31. The standard InChI is InChI=1S/C25H31FO5/c1-16(2)21-19-14-25(3,4)31-23(19)24(30-13-12-29-11-10-28-5)22(20(21)15-27)17-6-8-18(26)9-7-17/h6-9,15-16H,10-14H2,1-5H3. The van der Waals surface area contributed by atoms with E-state index in [1.807, 2.05) is 13.8 Å². The van der Waals surface area contributed by atoms with Crippen molar-refractivity contribution in [3.8, 4) is 22.6 Å². The number of hydrogen-bond acceptors (Lipinski definition) is 5.